The molecule has 8 heteroatoms. The molecule has 0 radical (unpaired) electrons. The molecule has 2 heterocycles. The zero-order valence-electron chi connectivity index (χ0n) is 11.7. The molecule has 0 aliphatic heterocycles. The number of nitrogens with zero attached hydrogens (tertiary/aromatic N) is 2. The molecule has 0 atom stereocenters. The van der Waals surface area contributed by atoms with Crippen molar-refractivity contribution in [2.75, 3.05) is 18.9 Å². The predicted molar refractivity (Wildman–Crippen MR) is 89.1 cm³/mol. The van der Waals surface area contributed by atoms with E-state index in [2.05, 4.69) is 26.2 Å². The number of thiophene rings is 1. The molecule has 0 unspecified atom stereocenters. The van der Waals surface area contributed by atoms with Crippen molar-refractivity contribution >= 4 is 43.0 Å². The van der Waals surface area contributed by atoms with E-state index in [1.165, 1.54) is 21.8 Å². The Bertz CT molecular complexity index is 716. The Morgan fingerprint density at radius 1 is 1.48 bits per heavy atom. The third-order valence-corrected chi connectivity index (χ3v) is 6.24. The minimum atomic E-state index is -3.63. The van der Waals surface area contributed by atoms with Crippen LogP contribution in [0.2, 0.25) is 0 Å². The molecule has 0 bridgehead atoms. The molecule has 2 aromatic rings. The largest absolute Gasteiger partial charge is 0.383 e. The number of halogens is 1. The molecule has 2 aromatic heterocycles. The van der Waals surface area contributed by atoms with Gasteiger partial charge in [0.05, 0.1) is 5.69 Å². The fraction of sp³-hybridized carbons (Fsp3) is 0.308. The Morgan fingerprint density at radius 2 is 2.24 bits per heavy atom. The standard InChI is InChI=1S/C13H16BrN3O2S2/c1-3-15-12-5-4-6-16-13(12)21(18,19)17(2)8-11-7-10(14)9-20-11/h4-7,9,15H,3,8H2,1-2H3. The van der Waals surface area contributed by atoms with Crippen molar-refractivity contribution in [3.05, 3.63) is 39.1 Å². The Balaban J connectivity index is 2.28. The molecule has 0 aliphatic rings. The van der Waals surface area contributed by atoms with Crippen molar-refractivity contribution in [3.8, 4) is 0 Å². The van der Waals surface area contributed by atoms with Gasteiger partial charge in [-0.05, 0) is 41.1 Å². The summed E-state index contributed by atoms with van der Waals surface area (Å²) < 4.78 is 27.6. The van der Waals surface area contributed by atoms with Crippen molar-refractivity contribution in [2.24, 2.45) is 0 Å². The van der Waals surface area contributed by atoms with Gasteiger partial charge >= 0.3 is 0 Å². The summed E-state index contributed by atoms with van der Waals surface area (Å²) >= 11 is 4.88. The van der Waals surface area contributed by atoms with Gasteiger partial charge in [0, 0.05) is 41.1 Å². The summed E-state index contributed by atoms with van der Waals surface area (Å²) in [7, 11) is -2.07. The van der Waals surface area contributed by atoms with Crippen LogP contribution in [-0.4, -0.2) is 31.3 Å². The summed E-state index contributed by atoms with van der Waals surface area (Å²) in [4.78, 5) is 5.01. The highest BCUT2D eigenvalue weighted by Gasteiger charge is 2.25. The Hall–Kier alpha value is -0.960. The average Bonchev–Trinajstić information content (AvgIpc) is 2.85. The van der Waals surface area contributed by atoms with Crippen LogP contribution in [0.5, 0.6) is 0 Å². The molecule has 0 saturated heterocycles. The summed E-state index contributed by atoms with van der Waals surface area (Å²) in [6.45, 7) is 2.87. The third kappa shape index (κ3) is 3.82. The molecule has 2 rings (SSSR count). The molecule has 5 nitrogen and oxygen atoms in total. The van der Waals surface area contributed by atoms with Gasteiger partial charge in [-0.1, -0.05) is 0 Å². The lowest BCUT2D eigenvalue weighted by molar-refractivity contribution is 0.467. The fourth-order valence-corrected chi connectivity index (χ4v) is 4.61. The Kier molecular flexibility index (Phi) is 5.37. The summed E-state index contributed by atoms with van der Waals surface area (Å²) in [5.74, 6) is 0. The van der Waals surface area contributed by atoms with Crippen LogP contribution >= 0.6 is 27.3 Å². The summed E-state index contributed by atoms with van der Waals surface area (Å²) in [6.07, 6.45) is 1.49. The number of pyridine rings is 1. The first kappa shape index (κ1) is 16.4. The molecular formula is C13H16BrN3O2S2. The van der Waals surface area contributed by atoms with Gasteiger partial charge in [-0.25, -0.2) is 13.4 Å². The zero-order chi connectivity index (χ0) is 15.5. The van der Waals surface area contributed by atoms with Gasteiger partial charge < -0.3 is 5.32 Å². The maximum Gasteiger partial charge on any atom is 0.262 e. The normalized spacial score (nSPS) is 11.8. The number of hydrogen-bond acceptors (Lipinski definition) is 5. The first-order valence-electron chi connectivity index (χ1n) is 6.33. The second kappa shape index (κ2) is 6.87. The number of nitrogens with one attached hydrogen (secondary N) is 1. The van der Waals surface area contributed by atoms with Crippen LogP contribution in [0, 0.1) is 0 Å². The average molecular weight is 390 g/mol. The van der Waals surface area contributed by atoms with E-state index in [1.807, 2.05) is 18.4 Å². The fourth-order valence-electron chi connectivity index (χ4n) is 1.81. The van der Waals surface area contributed by atoms with Crippen molar-refractivity contribution < 1.29 is 8.42 Å². The predicted octanol–water partition coefficient (Wildman–Crippen LogP) is 3.16. The van der Waals surface area contributed by atoms with Crippen molar-refractivity contribution in [2.45, 2.75) is 18.5 Å². The molecule has 0 spiro atoms. The van der Waals surface area contributed by atoms with E-state index >= 15 is 0 Å². The van der Waals surface area contributed by atoms with E-state index in [1.54, 1.807) is 19.2 Å². The maximum absolute atomic E-state index is 12.7. The minimum Gasteiger partial charge on any atom is -0.383 e. The van der Waals surface area contributed by atoms with Crippen molar-refractivity contribution in [1.82, 2.24) is 9.29 Å². The monoisotopic (exact) mass is 389 g/mol. The Labute approximate surface area is 137 Å². The zero-order valence-corrected chi connectivity index (χ0v) is 14.9. The number of anilines is 1. The van der Waals surface area contributed by atoms with Gasteiger partial charge in [-0.2, -0.15) is 4.31 Å². The first-order chi connectivity index (χ1) is 9.95. The SMILES string of the molecule is CCNc1cccnc1S(=O)(=O)N(C)Cc1cc(Br)cs1. The van der Waals surface area contributed by atoms with Gasteiger partial charge in [-0.3, -0.25) is 0 Å². The van der Waals surface area contributed by atoms with E-state index in [0.717, 1.165) is 9.35 Å². The molecule has 0 saturated carbocycles. The lowest BCUT2D eigenvalue weighted by Gasteiger charge is -2.18. The van der Waals surface area contributed by atoms with Crippen LogP contribution in [0.15, 0.2) is 39.3 Å². The second-order valence-corrected chi connectivity index (χ2v) is 8.25. The highest BCUT2D eigenvalue weighted by Crippen LogP contribution is 2.25. The smallest absolute Gasteiger partial charge is 0.262 e. The molecule has 0 aromatic carbocycles. The van der Waals surface area contributed by atoms with Crippen LogP contribution < -0.4 is 5.32 Å². The molecule has 114 valence electrons. The lowest BCUT2D eigenvalue weighted by atomic mass is 10.4. The van der Waals surface area contributed by atoms with Gasteiger partial charge in [0.15, 0.2) is 5.03 Å². The number of hydrogen-bond donors (Lipinski definition) is 1. The Morgan fingerprint density at radius 3 is 2.86 bits per heavy atom. The van der Waals surface area contributed by atoms with Gasteiger partial charge in [0.1, 0.15) is 0 Å². The van der Waals surface area contributed by atoms with Crippen LogP contribution in [0.25, 0.3) is 0 Å². The van der Waals surface area contributed by atoms with E-state index in [9.17, 15) is 8.42 Å². The summed E-state index contributed by atoms with van der Waals surface area (Å²) in [5.41, 5.74) is 0.527. The van der Waals surface area contributed by atoms with E-state index < -0.39 is 10.0 Å². The topological polar surface area (TPSA) is 62.3 Å². The summed E-state index contributed by atoms with van der Waals surface area (Å²) in [6, 6.07) is 5.35. The van der Waals surface area contributed by atoms with Crippen molar-refractivity contribution in [1.29, 1.82) is 0 Å². The molecule has 21 heavy (non-hydrogen) atoms. The molecule has 0 fully saturated rings. The van der Waals surface area contributed by atoms with E-state index in [-0.39, 0.29) is 5.03 Å². The van der Waals surface area contributed by atoms with Gasteiger partial charge in [0.25, 0.3) is 10.0 Å². The quantitative estimate of drug-likeness (QED) is 0.823. The van der Waals surface area contributed by atoms with Crippen LogP contribution in [0.1, 0.15) is 11.8 Å². The summed E-state index contributed by atoms with van der Waals surface area (Å²) in [5, 5.41) is 5.02. The lowest BCUT2D eigenvalue weighted by Crippen LogP contribution is -2.27. The number of aromatic nitrogens is 1. The first-order valence-corrected chi connectivity index (χ1v) is 9.44. The van der Waals surface area contributed by atoms with Crippen LogP contribution in [0.4, 0.5) is 5.69 Å². The maximum atomic E-state index is 12.7. The molecule has 0 amide bonds. The molecule has 1 N–H and O–H groups in total. The highest BCUT2D eigenvalue weighted by atomic mass is 79.9. The number of rotatable bonds is 6. The second-order valence-electron chi connectivity index (χ2n) is 4.38. The van der Waals surface area contributed by atoms with E-state index in [4.69, 9.17) is 0 Å². The van der Waals surface area contributed by atoms with Crippen molar-refractivity contribution in [3.63, 3.8) is 0 Å². The van der Waals surface area contributed by atoms with Gasteiger partial charge in [-0.15, -0.1) is 11.3 Å². The molecular weight excluding hydrogens is 374 g/mol. The highest BCUT2D eigenvalue weighted by molar-refractivity contribution is 9.10. The van der Waals surface area contributed by atoms with E-state index in [0.29, 0.717) is 18.8 Å². The minimum absolute atomic E-state index is 0.0602. The molecule has 0 aliphatic carbocycles. The third-order valence-electron chi connectivity index (χ3n) is 2.79. The number of sulfonamides is 1. The van der Waals surface area contributed by atoms with Crippen LogP contribution in [-0.2, 0) is 16.6 Å². The van der Waals surface area contributed by atoms with Crippen LogP contribution in [0.3, 0.4) is 0 Å². The van der Waals surface area contributed by atoms with Gasteiger partial charge in [0.2, 0.25) is 0 Å².